The molecule has 0 spiro atoms. The van der Waals surface area contributed by atoms with E-state index >= 15 is 4.57 Å². The van der Waals surface area contributed by atoms with E-state index in [9.17, 15) is 24.9 Å². The molecule has 3 aromatic heterocycles. The van der Waals surface area contributed by atoms with Crippen molar-refractivity contribution < 1.29 is 13.7 Å². The summed E-state index contributed by atoms with van der Waals surface area (Å²) in [7, 11) is -9.10. The highest BCUT2D eigenvalue weighted by Crippen LogP contribution is 2.57. The third-order valence-electron chi connectivity index (χ3n) is 21.3. The third kappa shape index (κ3) is 9.66. The van der Waals surface area contributed by atoms with Crippen LogP contribution in [0.5, 0.6) is 0 Å². The summed E-state index contributed by atoms with van der Waals surface area (Å²) in [6.45, 7) is 7.55. The fourth-order valence-electron chi connectivity index (χ4n) is 16.7. The zero-order valence-electron chi connectivity index (χ0n) is 57.0. The van der Waals surface area contributed by atoms with Crippen molar-refractivity contribution in [1.29, 1.82) is 15.8 Å². The molecular weight excluding hydrogens is 1370 g/mol. The number of nitriles is 3. The maximum absolute atomic E-state index is 15.0. The highest BCUT2D eigenvalue weighted by molar-refractivity contribution is 7.87. The molecule has 6 heterocycles. The van der Waals surface area contributed by atoms with Crippen molar-refractivity contribution in [2.75, 3.05) is 0 Å². The van der Waals surface area contributed by atoms with Crippen LogP contribution in [-0.2, 0) is 13.7 Å². The molecule has 0 N–H and O–H groups in total. The second kappa shape index (κ2) is 25.1. The zero-order valence-corrected chi connectivity index (χ0v) is 59.7. The monoisotopic (exact) mass is 1420 g/mol. The first-order valence-corrected chi connectivity index (χ1v) is 40.1. The number of aromatic nitrogens is 3. The Bertz CT molecular complexity index is 7160. The van der Waals surface area contributed by atoms with Gasteiger partial charge < -0.3 is 27.4 Å². The molecule has 0 aliphatic carbocycles. The highest BCUT2D eigenvalue weighted by Gasteiger charge is 2.44. The topological polar surface area (TPSA) is 142 Å². The average molecular weight is 1420 g/mol. The van der Waals surface area contributed by atoms with Crippen LogP contribution in [0.15, 0.2) is 340 Å². The van der Waals surface area contributed by atoms with E-state index in [1.54, 1.807) is 6.07 Å². The van der Waals surface area contributed by atoms with Gasteiger partial charge in [0.25, 0.3) is 0 Å². The van der Waals surface area contributed by atoms with Gasteiger partial charge in [-0.05, 0) is 137 Å². The summed E-state index contributed by atoms with van der Waals surface area (Å²) < 4.78 is 51.4. The molecule has 0 saturated heterocycles. The van der Waals surface area contributed by atoms with Gasteiger partial charge in [0.15, 0.2) is 27.1 Å². The van der Waals surface area contributed by atoms with Gasteiger partial charge in [-0.3, -0.25) is 0 Å². The molecule has 0 saturated carbocycles. The van der Waals surface area contributed by atoms with Gasteiger partial charge in [-0.1, -0.05) is 237 Å². The van der Waals surface area contributed by atoms with E-state index in [2.05, 4.69) is 116 Å². The van der Waals surface area contributed by atoms with Gasteiger partial charge in [0.05, 0.1) is 68.6 Å². The van der Waals surface area contributed by atoms with Crippen LogP contribution >= 0.6 is 21.4 Å². The Kier molecular flexibility index (Phi) is 15.0. The predicted molar refractivity (Wildman–Crippen MR) is 438 cm³/mol. The Morgan fingerprint density at radius 2 is 0.636 bits per heavy atom. The molecular formula is C94H56N7O3P3. The minimum absolute atomic E-state index is 0.417. The molecule has 3 unspecified atom stereocenters. The van der Waals surface area contributed by atoms with E-state index in [-0.39, 0.29) is 0 Å². The van der Waals surface area contributed by atoms with Crippen molar-refractivity contribution in [2.24, 2.45) is 0 Å². The lowest BCUT2D eigenvalue weighted by atomic mass is 10.0. The Labute approximate surface area is 616 Å². The minimum atomic E-state index is -3.06. The lowest BCUT2D eigenvalue weighted by molar-refractivity contribution is 0.592. The molecule has 21 rings (SSSR count). The SMILES string of the molecule is N#Cc1cccc(-n2c3ccccc3c3cc4c(cc32)-c2ccccc2P4(=O)c2ccccc2)c1.N#Cc1ccccc1-n1c2ccccc2c2cc3c(cc21)-c1ccccc1P3(=O)c1ccccc1.[C-]#[N+]c1cc(C#N)cc(-n2c3ccccc3c3cc4c(cc32)-c2ccccc2P4(=O)c2ccccc2)c1. The van der Waals surface area contributed by atoms with Gasteiger partial charge in [-0.2, -0.15) is 15.8 Å². The number of hydrogen-bond donors (Lipinski definition) is 0. The van der Waals surface area contributed by atoms with Crippen LogP contribution in [0.2, 0.25) is 0 Å². The van der Waals surface area contributed by atoms with Gasteiger partial charge in [0.1, 0.15) is 6.07 Å². The van der Waals surface area contributed by atoms with Crippen molar-refractivity contribution in [3.05, 3.63) is 368 Å². The predicted octanol–water partition coefficient (Wildman–Crippen LogP) is 19.4. The van der Waals surface area contributed by atoms with Crippen molar-refractivity contribution in [2.45, 2.75) is 0 Å². The summed E-state index contributed by atoms with van der Waals surface area (Å²) in [6.07, 6.45) is 0. The minimum Gasteiger partial charge on any atom is -0.310 e. The van der Waals surface area contributed by atoms with Crippen LogP contribution in [0.1, 0.15) is 16.7 Å². The van der Waals surface area contributed by atoms with Crippen LogP contribution in [-0.4, -0.2) is 13.7 Å². The molecule has 107 heavy (non-hydrogen) atoms. The van der Waals surface area contributed by atoms with Gasteiger partial charge in [0, 0.05) is 97.0 Å². The molecule has 15 aromatic carbocycles. The van der Waals surface area contributed by atoms with Gasteiger partial charge in [-0.25, -0.2) is 4.85 Å². The molecule has 0 bridgehead atoms. The summed E-state index contributed by atoms with van der Waals surface area (Å²) in [4.78, 5) is 3.60. The summed E-state index contributed by atoms with van der Waals surface area (Å²) in [5.74, 6) is 0. The standard InChI is InChI=1S/C32H18N3OP.2C31H19N2OP/c1-34-22-15-21(20-33)16-23(17-22)35-29-13-7-5-11-25(29)27-19-32-28(18-30(27)35)26-12-6-8-14-31(26)37(32,36)24-9-3-2-4-10-24;32-20-21-10-4-7-15-27(21)33-28-16-8-5-13-23(28)25-19-31-26(18-29(25)33)24-14-6-9-17-30(24)35(31,34)22-11-2-1-3-12-22;32-20-21-9-8-10-22(17-21)33-28-15-6-4-13-24(28)26-19-31-27(18-29(26)33)25-14-5-7-16-30(25)35(31,34)23-11-2-1-3-12-23/h2-19H;2*1-19H. The summed E-state index contributed by atoms with van der Waals surface area (Å²) in [6, 6.07) is 118. The van der Waals surface area contributed by atoms with Crippen molar-refractivity contribution >= 4 is 140 Å². The number of hydrogen-bond acceptors (Lipinski definition) is 6. The Balaban J connectivity index is 0.000000110. The number of nitrogens with zero attached hydrogens (tertiary/aromatic N) is 7. The molecule has 13 heteroatoms. The first-order valence-electron chi connectivity index (χ1n) is 35.0. The molecule has 3 atom stereocenters. The molecule has 3 aliphatic heterocycles. The van der Waals surface area contributed by atoms with Crippen molar-refractivity contribution in [3.63, 3.8) is 0 Å². The molecule has 0 amide bonds. The number of rotatable bonds is 6. The fourth-order valence-corrected chi connectivity index (χ4v) is 25.9. The summed E-state index contributed by atoms with van der Waals surface area (Å²) in [5.41, 5.74) is 16.7. The lowest BCUT2D eigenvalue weighted by Crippen LogP contribution is -2.20. The van der Waals surface area contributed by atoms with Crippen molar-refractivity contribution in [3.8, 4) is 68.7 Å². The van der Waals surface area contributed by atoms with Gasteiger partial charge in [0.2, 0.25) is 0 Å². The highest BCUT2D eigenvalue weighted by atomic mass is 31.2. The average Bonchev–Trinajstić information content (AvgIpc) is 1.55. The summed E-state index contributed by atoms with van der Waals surface area (Å²) >= 11 is 0. The van der Waals surface area contributed by atoms with Crippen LogP contribution < -0.4 is 47.7 Å². The Hall–Kier alpha value is -13.7. The zero-order chi connectivity index (χ0) is 72.3. The maximum Gasteiger partial charge on any atom is 0.190 e. The van der Waals surface area contributed by atoms with E-state index in [0.29, 0.717) is 22.4 Å². The maximum atomic E-state index is 15.0. The van der Waals surface area contributed by atoms with Gasteiger partial charge in [-0.15, -0.1) is 0 Å². The third-order valence-corrected chi connectivity index (χ3v) is 30.7. The second-order valence-electron chi connectivity index (χ2n) is 26.9. The molecule has 3 aliphatic rings. The fraction of sp³-hybridized carbons (Fsp3) is 0. The van der Waals surface area contributed by atoms with Crippen LogP contribution in [0.3, 0.4) is 0 Å². The largest absolute Gasteiger partial charge is 0.310 e. The van der Waals surface area contributed by atoms with Gasteiger partial charge >= 0.3 is 0 Å². The molecule has 0 radical (unpaired) electrons. The molecule has 18 aromatic rings. The van der Waals surface area contributed by atoms with E-state index in [4.69, 9.17) is 6.57 Å². The molecule has 500 valence electrons. The Morgan fingerprint density at radius 3 is 1.07 bits per heavy atom. The first-order chi connectivity index (χ1) is 52.5. The van der Waals surface area contributed by atoms with Crippen LogP contribution in [0.4, 0.5) is 5.69 Å². The first kappa shape index (κ1) is 64.2. The van der Waals surface area contributed by atoms with Crippen molar-refractivity contribution in [1.82, 2.24) is 13.7 Å². The van der Waals surface area contributed by atoms with E-state index in [1.165, 1.54) is 0 Å². The summed E-state index contributed by atoms with van der Waals surface area (Å²) in [5, 5.41) is 43.1. The van der Waals surface area contributed by atoms with E-state index < -0.39 is 21.4 Å². The second-order valence-corrected chi connectivity index (χ2v) is 35.0. The quantitative estimate of drug-likeness (QED) is 0.120. The van der Waals surface area contributed by atoms with E-state index in [0.717, 1.165) is 164 Å². The lowest BCUT2D eigenvalue weighted by Gasteiger charge is -2.16. The number of para-hydroxylation sites is 4. The normalized spacial score (nSPS) is 16.0. The molecule has 10 nitrogen and oxygen atoms in total. The smallest absolute Gasteiger partial charge is 0.190 e. The Morgan fingerprint density at radius 1 is 0.271 bits per heavy atom. The van der Waals surface area contributed by atoms with Crippen LogP contribution in [0.25, 0.3) is 121 Å². The van der Waals surface area contributed by atoms with E-state index in [1.807, 2.05) is 255 Å². The molecule has 0 fully saturated rings. The number of fused-ring (bicyclic) bond motifs is 18. The van der Waals surface area contributed by atoms with Crippen LogP contribution in [0, 0.1) is 40.6 Å². The number of benzene rings is 15.